The third kappa shape index (κ3) is 4.88. The SMILES string of the molecule is CSc1ccc2nc(N(CCN(C)C)C(=O)C3CCCC3)sc2c1.Cl. The number of carbonyl (C=O) groups excluding carboxylic acids is 1. The minimum atomic E-state index is 0. The third-order valence-electron chi connectivity index (χ3n) is 4.56. The van der Waals surface area contributed by atoms with Gasteiger partial charge in [-0.1, -0.05) is 24.2 Å². The van der Waals surface area contributed by atoms with Gasteiger partial charge in [0.15, 0.2) is 5.13 Å². The summed E-state index contributed by atoms with van der Waals surface area (Å²) in [5, 5.41) is 0.849. The molecule has 1 amide bonds. The molecule has 0 bridgehead atoms. The van der Waals surface area contributed by atoms with E-state index in [0.717, 1.165) is 34.7 Å². The number of fused-ring (bicyclic) bond motifs is 1. The summed E-state index contributed by atoms with van der Waals surface area (Å²) >= 11 is 3.37. The van der Waals surface area contributed by atoms with Gasteiger partial charge in [-0.2, -0.15) is 0 Å². The number of anilines is 1. The van der Waals surface area contributed by atoms with Gasteiger partial charge in [0.05, 0.1) is 10.2 Å². The second kappa shape index (κ2) is 9.21. The van der Waals surface area contributed by atoms with Gasteiger partial charge in [-0.3, -0.25) is 9.69 Å². The number of hydrogen-bond acceptors (Lipinski definition) is 5. The monoisotopic (exact) mass is 399 g/mol. The van der Waals surface area contributed by atoms with Crippen molar-refractivity contribution in [1.29, 1.82) is 0 Å². The van der Waals surface area contributed by atoms with Crippen LogP contribution < -0.4 is 4.90 Å². The second-order valence-corrected chi connectivity index (χ2v) is 8.49. The molecule has 0 spiro atoms. The fourth-order valence-electron chi connectivity index (χ4n) is 3.13. The van der Waals surface area contributed by atoms with E-state index in [1.165, 1.54) is 17.7 Å². The average Bonchev–Trinajstić information content (AvgIpc) is 3.23. The first-order valence-electron chi connectivity index (χ1n) is 8.49. The van der Waals surface area contributed by atoms with Crippen LogP contribution in [-0.4, -0.2) is 49.2 Å². The van der Waals surface area contributed by atoms with Crippen molar-refractivity contribution in [2.75, 3.05) is 38.3 Å². The van der Waals surface area contributed by atoms with Crippen LogP contribution in [0.2, 0.25) is 0 Å². The fourth-order valence-corrected chi connectivity index (χ4v) is 4.68. The van der Waals surface area contributed by atoms with Crippen LogP contribution in [0.1, 0.15) is 25.7 Å². The van der Waals surface area contributed by atoms with E-state index in [2.05, 4.69) is 29.4 Å². The van der Waals surface area contributed by atoms with Gasteiger partial charge in [-0.05, 0) is 51.4 Å². The zero-order valence-electron chi connectivity index (χ0n) is 15.0. The molecule has 1 aromatic carbocycles. The predicted octanol–water partition coefficient (Wildman–Crippen LogP) is 4.52. The summed E-state index contributed by atoms with van der Waals surface area (Å²) in [6, 6.07) is 6.33. The molecule has 1 aliphatic rings. The van der Waals surface area contributed by atoms with Crippen LogP contribution in [0.3, 0.4) is 0 Å². The number of amides is 1. The Morgan fingerprint density at radius 2 is 2.00 bits per heavy atom. The summed E-state index contributed by atoms with van der Waals surface area (Å²) < 4.78 is 1.16. The lowest BCUT2D eigenvalue weighted by molar-refractivity contribution is -0.122. The van der Waals surface area contributed by atoms with Crippen molar-refractivity contribution in [3.63, 3.8) is 0 Å². The van der Waals surface area contributed by atoms with Crippen LogP contribution >= 0.6 is 35.5 Å². The van der Waals surface area contributed by atoms with Crippen molar-refractivity contribution in [3.05, 3.63) is 18.2 Å². The maximum absolute atomic E-state index is 13.0. The Morgan fingerprint density at radius 3 is 2.64 bits per heavy atom. The van der Waals surface area contributed by atoms with Crippen molar-refractivity contribution >= 4 is 56.8 Å². The number of carbonyl (C=O) groups is 1. The number of rotatable bonds is 6. The molecule has 1 saturated carbocycles. The summed E-state index contributed by atoms with van der Waals surface area (Å²) in [7, 11) is 4.09. The number of aromatic nitrogens is 1. The first-order chi connectivity index (χ1) is 11.6. The third-order valence-corrected chi connectivity index (χ3v) is 6.32. The summed E-state index contributed by atoms with van der Waals surface area (Å²) in [6.45, 7) is 1.56. The van der Waals surface area contributed by atoms with Gasteiger partial charge in [-0.25, -0.2) is 4.98 Å². The molecule has 0 atom stereocenters. The van der Waals surface area contributed by atoms with Crippen molar-refractivity contribution in [2.24, 2.45) is 5.92 Å². The Labute approximate surface area is 164 Å². The van der Waals surface area contributed by atoms with Gasteiger partial charge in [0.1, 0.15) is 0 Å². The highest BCUT2D eigenvalue weighted by Gasteiger charge is 2.29. The standard InChI is InChI=1S/C18H25N3OS2.ClH/c1-20(2)10-11-21(17(22)13-6-4-5-7-13)18-19-15-9-8-14(23-3)12-16(15)24-18;/h8-9,12-13H,4-7,10-11H2,1-3H3;1H. The van der Waals surface area contributed by atoms with Crippen LogP contribution in [0.25, 0.3) is 10.2 Å². The van der Waals surface area contributed by atoms with Crippen molar-refractivity contribution in [1.82, 2.24) is 9.88 Å². The summed E-state index contributed by atoms with van der Waals surface area (Å²) in [4.78, 5) is 23.1. The number of nitrogens with zero attached hydrogens (tertiary/aromatic N) is 3. The van der Waals surface area contributed by atoms with E-state index in [-0.39, 0.29) is 24.2 Å². The van der Waals surface area contributed by atoms with Crippen LogP contribution in [0.15, 0.2) is 23.1 Å². The molecule has 0 N–H and O–H groups in total. The van der Waals surface area contributed by atoms with Gasteiger partial charge in [0.2, 0.25) is 5.91 Å². The minimum absolute atomic E-state index is 0. The number of benzene rings is 1. The lowest BCUT2D eigenvalue weighted by Crippen LogP contribution is -2.39. The Bertz CT molecular complexity index is 713. The van der Waals surface area contributed by atoms with Gasteiger partial charge < -0.3 is 4.90 Å². The predicted molar refractivity (Wildman–Crippen MR) is 112 cm³/mol. The smallest absolute Gasteiger partial charge is 0.231 e. The topological polar surface area (TPSA) is 36.4 Å². The van der Waals surface area contributed by atoms with Crippen molar-refractivity contribution in [3.8, 4) is 0 Å². The molecular weight excluding hydrogens is 374 g/mol. The van der Waals surface area contributed by atoms with Crippen LogP contribution in [0.4, 0.5) is 5.13 Å². The van der Waals surface area contributed by atoms with Crippen molar-refractivity contribution in [2.45, 2.75) is 30.6 Å². The lowest BCUT2D eigenvalue weighted by Gasteiger charge is -2.24. The van der Waals surface area contributed by atoms with Gasteiger partial charge in [0, 0.05) is 23.9 Å². The maximum atomic E-state index is 13.0. The molecule has 2 aromatic rings. The molecule has 0 radical (unpaired) electrons. The summed E-state index contributed by atoms with van der Waals surface area (Å²) in [5.41, 5.74) is 0.988. The Hall–Kier alpha value is -0.820. The molecule has 0 saturated heterocycles. The number of hydrogen-bond donors (Lipinski definition) is 0. The summed E-state index contributed by atoms with van der Waals surface area (Å²) in [5.74, 6) is 0.444. The first kappa shape index (κ1) is 20.5. The summed E-state index contributed by atoms with van der Waals surface area (Å²) in [6.07, 6.45) is 6.48. The molecule has 138 valence electrons. The van der Waals surface area contributed by atoms with Gasteiger partial charge >= 0.3 is 0 Å². The Balaban J connectivity index is 0.00000225. The van der Waals surface area contributed by atoms with E-state index < -0.39 is 0 Å². The number of thioether (sulfide) groups is 1. The molecule has 25 heavy (non-hydrogen) atoms. The highest BCUT2D eigenvalue weighted by Crippen LogP contribution is 2.34. The average molecular weight is 400 g/mol. The molecule has 1 aromatic heterocycles. The first-order valence-corrected chi connectivity index (χ1v) is 10.5. The van der Waals surface area contributed by atoms with E-state index in [9.17, 15) is 4.79 Å². The zero-order chi connectivity index (χ0) is 17.1. The molecule has 3 rings (SSSR count). The highest BCUT2D eigenvalue weighted by atomic mass is 35.5. The van der Waals surface area contributed by atoms with Crippen LogP contribution in [0, 0.1) is 5.92 Å². The maximum Gasteiger partial charge on any atom is 0.231 e. The molecule has 7 heteroatoms. The molecule has 0 aliphatic heterocycles. The Morgan fingerprint density at radius 1 is 1.28 bits per heavy atom. The molecular formula is C18H26ClN3OS2. The van der Waals surface area contributed by atoms with E-state index in [4.69, 9.17) is 4.98 Å². The number of halogens is 1. The molecule has 1 heterocycles. The Kier molecular flexibility index (Phi) is 7.55. The van der Waals surface area contributed by atoms with Gasteiger partial charge in [-0.15, -0.1) is 24.2 Å². The normalized spacial score (nSPS) is 14.9. The number of likely N-dealkylation sites (N-methyl/N-ethyl adjacent to an activating group) is 1. The van der Waals surface area contributed by atoms with Crippen molar-refractivity contribution < 1.29 is 4.79 Å². The molecule has 1 fully saturated rings. The van der Waals surface area contributed by atoms with E-state index in [1.54, 1.807) is 23.1 Å². The van der Waals surface area contributed by atoms with Crippen LogP contribution in [-0.2, 0) is 4.79 Å². The number of thiazole rings is 1. The van der Waals surface area contributed by atoms with Gasteiger partial charge in [0.25, 0.3) is 0 Å². The molecule has 4 nitrogen and oxygen atoms in total. The minimum Gasteiger partial charge on any atom is -0.308 e. The quantitative estimate of drug-likeness (QED) is 0.669. The zero-order valence-corrected chi connectivity index (χ0v) is 17.5. The fraction of sp³-hybridized carbons (Fsp3) is 0.556. The lowest BCUT2D eigenvalue weighted by atomic mass is 10.1. The largest absolute Gasteiger partial charge is 0.308 e. The van der Waals surface area contributed by atoms with E-state index in [0.29, 0.717) is 6.54 Å². The highest BCUT2D eigenvalue weighted by molar-refractivity contribution is 7.98. The van der Waals surface area contributed by atoms with E-state index in [1.807, 2.05) is 19.0 Å². The second-order valence-electron chi connectivity index (χ2n) is 6.60. The molecule has 0 unspecified atom stereocenters. The van der Waals surface area contributed by atoms with Crippen LogP contribution in [0.5, 0.6) is 0 Å². The van der Waals surface area contributed by atoms with E-state index >= 15 is 0 Å². The molecule has 1 aliphatic carbocycles.